The van der Waals surface area contributed by atoms with Crippen molar-refractivity contribution in [3.8, 4) is 0 Å². The molecular formula is C19H21F2N5O3S. The first-order valence-corrected chi connectivity index (χ1v) is 10.8. The highest BCUT2D eigenvalue weighted by Crippen LogP contribution is 2.40. The molecule has 1 unspecified atom stereocenters. The molecule has 2 aliphatic carbocycles. The van der Waals surface area contributed by atoms with Gasteiger partial charge < -0.3 is 0 Å². The van der Waals surface area contributed by atoms with Crippen molar-refractivity contribution in [1.29, 1.82) is 0 Å². The molecule has 2 fully saturated rings. The standard InChI is InChI=1S/C19H21F2N5O3S/c1-10-13(8-25-17(28)22-9-23-25)30-16-14(10)15(27)26(12-2-3-12)18(29)24(16)7-11-4-5-19(20,21)6-11/h9,11-12H,2-8H2,1H3,(H,22,23,28). The number of H-pyrrole nitrogens is 1. The predicted molar refractivity (Wildman–Crippen MR) is 108 cm³/mol. The van der Waals surface area contributed by atoms with Gasteiger partial charge in [-0.25, -0.2) is 23.1 Å². The summed E-state index contributed by atoms with van der Waals surface area (Å²) < 4.78 is 31.5. The maximum atomic E-state index is 13.7. The van der Waals surface area contributed by atoms with Crippen molar-refractivity contribution in [1.82, 2.24) is 23.9 Å². The summed E-state index contributed by atoms with van der Waals surface area (Å²) in [6.45, 7) is 2.13. The van der Waals surface area contributed by atoms with Crippen LogP contribution < -0.4 is 16.9 Å². The Bertz CT molecular complexity index is 1310. The minimum atomic E-state index is -2.70. The van der Waals surface area contributed by atoms with Gasteiger partial charge in [0.05, 0.1) is 11.9 Å². The highest BCUT2D eigenvalue weighted by atomic mass is 32.1. The Morgan fingerprint density at radius 1 is 1.27 bits per heavy atom. The van der Waals surface area contributed by atoms with E-state index in [9.17, 15) is 23.2 Å². The van der Waals surface area contributed by atoms with E-state index in [2.05, 4.69) is 10.1 Å². The van der Waals surface area contributed by atoms with E-state index < -0.39 is 11.6 Å². The number of aromatic amines is 1. The summed E-state index contributed by atoms with van der Waals surface area (Å²) in [7, 11) is 0. The topological polar surface area (TPSA) is 94.7 Å². The van der Waals surface area contributed by atoms with Crippen molar-refractivity contribution < 1.29 is 8.78 Å². The van der Waals surface area contributed by atoms with Gasteiger partial charge in [0.1, 0.15) is 11.2 Å². The summed E-state index contributed by atoms with van der Waals surface area (Å²) in [4.78, 5) is 41.9. The summed E-state index contributed by atoms with van der Waals surface area (Å²) in [5.41, 5.74) is -0.419. The Morgan fingerprint density at radius 3 is 2.63 bits per heavy atom. The first kappa shape index (κ1) is 19.4. The van der Waals surface area contributed by atoms with E-state index in [4.69, 9.17) is 0 Å². The number of aromatic nitrogens is 5. The average Bonchev–Trinajstić information content (AvgIpc) is 3.22. The molecule has 160 valence electrons. The summed E-state index contributed by atoms with van der Waals surface area (Å²) in [6, 6.07) is -0.123. The molecule has 11 heteroatoms. The molecule has 8 nitrogen and oxygen atoms in total. The van der Waals surface area contributed by atoms with E-state index in [0.717, 1.165) is 17.7 Å². The maximum absolute atomic E-state index is 13.7. The van der Waals surface area contributed by atoms with Crippen molar-refractivity contribution in [3.05, 3.63) is 48.1 Å². The van der Waals surface area contributed by atoms with Gasteiger partial charge in [-0.3, -0.25) is 18.9 Å². The zero-order chi connectivity index (χ0) is 21.2. The Morgan fingerprint density at radius 2 is 2.03 bits per heavy atom. The smallest absolute Gasteiger partial charge is 0.295 e. The summed E-state index contributed by atoms with van der Waals surface area (Å²) in [5.74, 6) is -3.01. The summed E-state index contributed by atoms with van der Waals surface area (Å²) in [5, 5.41) is 4.40. The highest BCUT2D eigenvalue weighted by Gasteiger charge is 2.40. The number of halogens is 2. The van der Waals surface area contributed by atoms with E-state index in [1.54, 1.807) is 6.92 Å². The van der Waals surface area contributed by atoms with Gasteiger partial charge in [-0.1, -0.05) is 0 Å². The van der Waals surface area contributed by atoms with Crippen molar-refractivity contribution >= 4 is 21.6 Å². The van der Waals surface area contributed by atoms with Crippen LogP contribution in [0.5, 0.6) is 0 Å². The van der Waals surface area contributed by atoms with Gasteiger partial charge in [-0.15, -0.1) is 11.3 Å². The minimum absolute atomic E-state index is 0.123. The monoisotopic (exact) mass is 437 g/mol. The molecule has 5 rings (SSSR count). The second-order valence-electron chi connectivity index (χ2n) is 8.35. The third kappa shape index (κ3) is 3.15. The lowest BCUT2D eigenvalue weighted by Gasteiger charge is -2.15. The van der Waals surface area contributed by atoms with Crippen LogP contribution >= 0.6 is 11.3 Å². The first-order valence-electron chi connectivity index (χ1n) is 10.0. The van der Waals surface area contributed by atoms with Gasteiger partial charge in [0.15, 0.2) is 0 Å². The molecule has 0 saturated heterocycles. The Hall–Kier alpha value is -2.56. The fourth-order valence-corrected chi connectivity index (χ4v) is 5.64. The average molecular weight is 437 g/mol. The SMILES string of the molecule is Cc1c(Cn2nc[nH]c2=O)sc2c1c(=O)n(C1CC1)c(=O)n2CC1CCC(F)(F)C1. The molecule has 2 saturated carbocycles. The Labute approximate surface area is 172 Å². The fourth-order valence-electron chi connectivity index (χ4n) is 4.36. The maximum Gasteiger partial charge on any atom is 0.343 e. The van der Waals surface area contributed by atoms with E-state index in [0.29, 0.717) is 22.2 Å². The Balaban J connectivity index is 1.66. The third-order valence-corrected chi connectivity index (χ3v) is 7.41. The molecule has 2 aliphatic rings. The molecular weight excluding hydrogens is 416 g/mol. The van der Waals surface area contributed by atoms with Crippen molar-refractivity contribution in [3.63, 3.8) is 0 Å². The molecule has 30 heavy (non-hydrogen) atoms. The second-order valence-corrected chi connectivity index (χ2v) is 9.43. The molecule has 1 atom stereocenters. The summed E-state index contributed by atoms with van der Waals surface area (Å²) >= 11 is 1.26. The number of nitrogens with one attached hydrogen (secondary N) is 1. The number of nitrogens with zero attached hydrogens (tertiary/aromatic N) is 4. The van der Waals surface area contributed by atoms with Crippen molar-refractivity contribution in [2.24, 2.45) is 5.92 Å². The molecule has 0 amide bonds. The lowest BCUT2D eigenvalue weighted by atomic mass is 10.1. The van der Waals surface area contributed by atoms with Crippen LogP contribution in [0.1, 0.15) is 48.6 Å². The molecule has 0 aromatic carbocycles. The van der Waals surface area contributed by atoms with Gasteiger partial charge in [-0.05, 0) is 37.7 Å². The highest BCUT2D eigenvalue weighted by molar-refractivity contribution is 7.18. The predicted octanol–water partition coefficient (Wildman–Crippen LogP) is 2.24. The molecule has 3 aromatic rings. The van der Waals surface area contributed by atoms with E-state index in [1.807, 2.05) is 0 Å². The van der Waals surface area contributed by atoms with E-state index in [1.165, 1.54) is 31.5 Å². The fraction of sp³-hybridized carbons (Fsp3) is 0.579. The molecule has 0 radical (unpaired) electrons. The normalized spacial score (nSPS) is 21.0. The number of fused-ring (bicyclic) bond motifs is 1. The third-order valence-electron chi connectivity index (χ3n) is 6.11. The molecule has 0 bridgehead atoms. The number of hydrogen-bond donors (Lipinski definition) is 1. The van der Waals surface area contributed by atoms with Crippen LogP contribution in [-0.4, -0.2) is 29.8 Å². The number of rotatable bonds is 5. The van der Waals surface area contributed by atoms with Crippen LogP contribution in [0.4, 0.5) is 8.78 Å². The lowest BCUT2D eigenvalue weighted by molar-refractivity contribution is 0.00434. The quantitative estimate of drug-likeness (QED) is 0.662. The van der Waals surface area contributed by atoms with E-state index in [-0.39, 0.29) is 49.1 Å². The van der Waals surface area contributed by atoms with Gasteiger partial charge >= 0.3 is 11.4 Å². The van der Waals surface area contributed by atoms with Gasteiger partial charge in [-0.2, -0.15) is 5.10 Å². The van der Waals surface area contributed by atoms with Crippen LogP contribution in [0, 0.1) is 12.8 Å². The number of thiophene rings is 1. The van der Waals surface area contributed by atoms with Crippen LogP contribution in [0.3, 0.4) is 0 Å². The van der Waals surface area contributed by atoms with Crippen LogP contribution in [-0.2, 0) is 13.1 Å². The van der Waals surface area contributed by atoms with Crippen LogP contribution in [0.15, 0.2) is 20.7 Å². The summed E-state index contributed by atoms with van der Waals surface area (Å²) in [6.07, 6.45) is 2.75. The van der Waals surface area contributed by atoms with Gasteiger partial charge in [0.2, 0.25) is 5.92 Å². The van der Waals surface area contributed by atoms with Crippen molar-refractivity contribution in [2.75, 3.05) is 0 Å². The first-order chi connectivity index (χ1) is 14.2. The molecule has 3 heterocycles. The van der Waals surface area contributed by atoms with Crippen LogP contribution in [0.25, 0.3) is 10.2 Å². The minimum Gasteiger partial charge on any atom is -0.295 e. The van der Waals surface area contributed by atoms with Crippen LogP contribution in [0.2, 0.25) is 0 Å². The van der Waals surface area contributed by atoms with Gasteiger partial charge in [0, 0.05) is 30.3 Å². The second kappa shape index (κ2) is 6.73. The lowest BCUT2D eigenvalue weighted by Crippen LogP contribution is -2.40. The zero-order valence-electron chi connectivity index (χ0n) is 16.4. The molecule has 0 aliphatic heterocycles. The molecule has 0 spiro atoms. The van der Waals surface area contributed by atoms with Crippen molar-refractivity contribution in [2.45, 2.75) is 64.1 Å². The number of aryl methyl sites for hydroxylation is 1. The number of hydrogen-bond acceptors (Lipinski definition) is 5. The van der Waals surface area contributed by atoms with E-state index >= 15 is 0 Å². The molecule has 1 N–H and O–H groups in total. The number of alkyl halides is 2. The largest absolute Gasteiger partial charge is 0.343 e. The zero-order valence-corrected chi connectivity index (χ0v) is 17.2. The van der Waals surface area contributed by atoms with Gasteiger partial charge in [0.25, 0.3) is 5.56 Å². The Kier molecular flexibility index (Phi) is 4.35. The molecule has 3 aromatic heterocycles.